The van der Waals surface area contributed by atoms with Gasteiger partial charge < -0.3 is 14.4 Å². The Bertz CT molecular complexity index is 649. The normalized spacial score (nSPS) is 18.7. The van der Waals surface area contributed by atoms with E-state index in [1.54, 1.807) is 0 Å². The molecule has 2 aromatic rings. The van der Waals surface area contributed by atoms with Crippen LogP contribution in [0.3, 0.4) is 0 Å². The van der Waals surface area contributed by atoms with E-state index >= 15 is 0 Å². The minimum Gasteiger partial charge on any atom is -0.469 e. The van der Waals surface area contributed by atoms with Crippen molar-refractivity contribution in [2.75, 3.05) is 31.7 Å². The van der Waals surface area contributed by atoms with E-state index < -0.39 is 0 Å². The molecule has 1 saturated heterocycles. The number of morpholine rings is 1. The van der Waals surface area contributed by atoms with Crippen molar-refractivity contribution in [3.8, 4) is 0 Å². The summed E-state index contributed by atoms with van der Waals surface area (Å²) in [5.74, 6) is 0.284. The lowest BCUT2D eigenvalue weighted by atomic mass is 10.2. The van der Waals surface area contributed by atoms with Crippen LogP contribution >= 0.6 is 0 Å². The van der Waals surface area contributed by atoms with Gasteiger partial charge in [-0.15, -0.1) is 10.2 Å². The van der Waals surface area contributed by atoms with Crippen molar-refractivity contribution in [1.82, 2.24) is 15.2 Å². The number of aromatic nitrogens is 3. The van der Waals surface area contributed by atoms with E-state index in [1.807, 2.05) is 29.2 Å². The number of carbonyl (C=O) groups is 1. The SMILES string of the molecule is COC(=O)CC1CN(c2nnc3ccccc3n2)CCO1. The van der Waals surface area contributed by atoms with Crippen LogP contribution in [0.5, 0.6) is 0 Å². The quantitative estimate of drug-likeness (QED) is 0.773. The Balaban J connectivity index is 1.76. The van der Waals surface area contributed by atoms with Crippen LogP contribution in [0, 0.1) is 0 Å². The largest absolute Gasteiger partial charge is 0.469 e. The van der Waals surface area contributed by atoms with E-state index in [0.29, 0.717) is 25.6 Å². The Morgan fingerprint density at radius 3 is 3.00 bits per heavy atom. The van der Waals surface area contributed by atoms with Crippen LogP contribution < -0.4 is 4.90 Å². The van der Waals surface area contributed by atoms with Gasteiger partial charge in [-0.1, -0.05) is 12.1 Å². The van der Waals surface area contributed by atoms with Crippen LogP contribution in [0.2, 0.25) is 0 Å². The minimum atomic E-state index is -0.278. The van der Waals surface area contributed by atoms with E-state index in [9.17, 15) is 4.79 Å². The van der Waals surface area contributed by atoms with Crippen LogP contribution in [0.1, 0.15) is 6.42 Å². The molecule has 21 heavy (non-hydrogen) atoms. The second kappa shape index (κ2) is 6.01. The zero-order valence-electron chi connectivity index (χ0n) is 11.7. The molecule has 1 aromatic carbocycles. The third-order valence-corrected chi connectivity index (χ3v) is 3.39. The second-order valence-corrected chi connectivity index (χ2v) is 4.82. The zero-order chi connectivity index (χ0) is 14.7. The molecule has 0 saturated carbocycles. The van der Waals surface area contributed by atoms with Gasteiger partial charge in [0.2, 0.25) is 5.95 Å². The van der Waals surface area contributed by atoms with E-state index in [2.05, 4.69) is 19.9 Å². The van der Waals surface area contributed by atoms with Crippen LogP contribution in [-0.2, 0) is 14.3 Å². The molecule has 1 atom stereocenters. The standard InChI is InChI=1S/C14H16N4O3/c1-20-13(19)8-10-9-18(6-7-21-10)14-15-11-4-2-3-5-12(11)16-17-14/h2-5,10H,6-9H2,1H3. The summed E-state index contributed by atoms with van der Waals surface area (Å²) in [5.41, 5.74) is 1.57. The van der Waals surface area contributed by atoms with Crippen LogP contribution in [-0.4, -0.2) is 54.1 Å². The Morgan fingerprint density at radius 2 is 2.19 bits per heavy atom. The molecule has 0 bridgehead atoms. The molecular formula is C14H16N4O3. The van der Waals surface area contributed by atoms with Crippen molar-refractivity contribution in [1.29, 1.82) is 0 Å². The van der Waals surface area contributed by atoms with Gasteiger partial charge in [-0.25, -0.2) is 4.98 Å². The monoisotopic (exact) mass is 288 g/mol. The summed E-state index contributed by atoms with van der Waals surface area (Å²) >= 11 is 0. The van der Waals surface area contributed by atoms with Crippen LogP contribution in [0.4, 0.5) is 5.95 Å². The van der Waals surface area contributed by atoms with Crippen molar-refractivity contribution >= 4 is 23.0 Å². The number of methoxy groups -OCH3 is 1. The van der Waals surface area contributed by atoms with Crippen molar-refractivity contribution in [3.05, 3.63) is 24.3 Å². The number of nitrogens with zero attached hydrogens (tertiary/aromatic N) is 4. The van der Waals surface area contributed by atoms with E-state index in [1.165, 1.54) is 7.11 Å². The molecule has 2 heterocycles. The third kappa shape index (κ3) is 3.08. The van der Waals surface area contributed by atoms with Crippen LogP contribution in [0.25, 0.3) is 11.0 Å². The van der Waals surface area contributed by atoms with Gasteiger partial charge in [0.05, 0.1) is 31.8 Å². The van der Waals surface area contributed by atoms with E-state index in [4.69, 9.17) is 4.74 Å². The molecule has 1 aliphatic rings. The zero-order valence-corrected chi connectivity index (χ0v) is 11.7. The van der Waals surface area contributed by atoms with E-state index in [-0.39, 0.29) is 18.5 Å². The Kier molecular flexibility index (Phi) is 3.92. The maximum atomic E-state index is 11.3. The molecular weight excluding hydrogens is 272 g/mol. The lowest BCUT2D eigenvalue weighted by Gasteiger charge is -2.32. The molecule has 1 fully saturated rings. The molecule has 3 rings (SSSR count). The minimum absolute atomic E-state index is 0.207. The first-order chi connectivity index (χ1) is 10.3. The Morgan fingerprint density at radius 1 is 1.38 bits per heavy atom. The summed E-state index contributed by atoms with van der Waals surface area (Å²) in [6.45, 7) is 1.75. The van der Waals surface area contributed by atoms with Crippen molar-refractivity contribution in [2.45, 2.75) is 12.5 Å². The molecule has 1 unspecified atom stereocenters. The highest BCUT2D eigenvalue weighted by atomic mass is 16.5. The molecule has 7 nitrogen and oxygen atoms in total. The maximum Gasteiger partial charge on any atom is 0.308 e. The summed E-state index contributed by atoms with van der Waals surface area (Å²) in [5, 5.41) is 8.33. The number of hydrogen-bond acceptors (Lipinski definition) is 7. The first kappa shape index (κ1) is 13.7. The Labute approximate surface area is 121 Å². The summed E-state index contributed by atoms with van der Waals surface area (Å²) < 4.78 is 10.2. The predicted molar refractivity (Wildman–Crippen MR) is 75.9 cm³/mol. The predicted octanol–water partition coefficient (Wildman–Crippen LogP) is 0.793. The smallest absolute Gasteiger partial charge is 0.308 e. The van der Waals surface area contributed by atoms with Crippen LogP contribution in [0.15, 0.2) is 24.3 Å². The van der Waals surface area contributed by atoms with Gasteiger partial charge in [0, 0.05) is 13.1 Å². The second-order valence-electron chi connectivity index (χ2n) is 4.82. The van der Waals surface area contributed by atoms with Gasteiger partial charge in [-0.05, 0) is 12.1 Å². The Hall–Kier alpha value is -2.28. The molecule has 1 aliphatic heterocycles. The maximum absolute atomic E-state index is 11.3. The molecule has 1 aromatic heterocycles. The van der Waals surface area contributed by atoms with Gasteiger partial charge in [0.15, 0.2) is 0 Å². The average molecular weight is 288 g/mol. The number of carbonyl (C=O) groups excluding carboxylic acids is 1. The highest BCUT2D eigenvalue weighted by molar-refractivity contribution is 5.74. The fourth-order valence-electron chi connectivity index (χ4n) is 2.30. The summed E-state index contributed by atoms with van der Waals surface area (Å²) in [4.78, 5) is 17.8. The number of benzene rings is 1. The number of ether oxygens (including phenoxy) is 2. The third-order valence-electron chi connectivity index (χ3n) is 3.39. The van der Waals surface area contributed by atoms with Crippen molar-refractivity contribution < 1.29 is 14.3 Å². The molecule has 0 aliphatic carbocycles. The molecule has 0 amide bonds. The van der Waals surface area contributed by atoms with Gasteiger partial charge in [0.1, 0.15) is 5.52 Å². The van der Waals surface area contributed by atoms with Gasteiger partial charge in [-0.2, -0.15) is 0 Å². The average Bonchev–Trinajstić information content (AvgIpc) is 2.54. The number of para-hydroxylation sites is 1. The number of fused-ring (bicyclic) bond motifs is 1. The first-order valence-corrected chi connectivity index (χ1v) is 6.79. The lowest BCUT2D eigenvalue weighted by Crippen LogP contribution is -2.44. The van der Waals surface area contributed by atoms with Gasteiger partial charge >= 0.3 is 5.97 Å². The van der Waals surface area contributed by atoms with Crippen molar-refractivity contribution in [3.63, 3.8) is 0 Å². The number of anilines is 1. The molecule has 0 N–H and O–H groups in total. The highest BCUT2D eigenvalue weighted by Crippen LogP contribution is 2.17. The summed E-state index contributed by atoms with van der Waals surface area (Å²) in [7, 11) is 1.37. The molecule has 0 radical (unpaired) electrons. The number of hydrogen-bond donors (Lipinski definition) is 0. The number of esters is 1. The number of rotatable bonds is 3. The topological polar surface area (TPSA) is 77.4 Å². The fourth-order valence-corrected chi connectivity index (χ4v) is 2.30. The van der Waals surface area contributed by atoms with Gasteiger partial charge in [-0.3, -0.25) is 4.79 Å². The van der Waals surface area contributed by atoms with Crippen molar-refractivity contribution in [2.24, 2.45) is 0 Å². The highest BCUT2D eigenvalue weighted by Gasteiger charge is 2.25. The molecule has 7 heteroatoms. The molecule has 0 spiro atoms. The molecule has 110 valence electrons. The first-order valence-electron chi connectivity index (χ1n) is 6.79. The van der Waals surface area contributed by atoms with E-state index in [0.717, 1.165) is 11.0 Å². The summed E-state index contributed by atoms with van der Waals surface area (Å²) in [6.07, 6.45) is 0.0230. The lowest BCUT2D eigenvalue weighted by molar-refractivity contribution is -0.144. The summed E-state index contributed by atoms with van der Waals surface area (Å²) in [6, 6.07) is 7.60. The van der Waals surface area contributed by atoms with Gasteiger partial charge in [0.25, 0.3) is 0 Å². The fraction of sp³-hybridized carbons (Fsp3) is 0.429.